The minimum atomic E-state index is -0.427. The average molecular weight is 257 g/mol. The summed E-state index contributed by atoms with van der Waals surface area (Å²) in [6.45, 7) is 10.1. The first kappa shape index (κ1) is 15.2. The van der Waals surface area contributed by atoms with Crippen LogP contribution in [0.3, 0.4) is 0 Å². The summed E-state index contributed by atoms with van der Waals surface area (Å²) in [4.78, 5) is 13.8. The van der Waals surface area contributed by atoms with Gasteiger partial charge in [0.2, 0.25) is 0 Å². The first-order valence-corrected chi connectivity index (χ1v) is 6.80. The first-order chi connectivity index (χ1) is 8.40. The number of carbonyl (C=O) groups is 1. The third-order valence-electron chi connectivity index (χ3n) is 3.04. The fraction of sp³-hybridized carbons (Fsp3) is 0.923. The minimum Gasteiger partial charge on any atom is -0.444 e. The maximum absolute atomic E-state index is 11.4. The van der Waals surface area contributed by atoms with Crippen LogP contribution in [0.1, 0.15) is 33.6 Å². The summed E-state index contributed by atoms with van der Waals surface area (Å²) >= 11 is 0. The number of ether oxygens (including phenoxy) is 1. The Kier molecular flexibility index (Phi) is 5.88. The molecule has 0 aromatic rings. The van der Waals surface area contributed by atoms with Crippen LogP contribution in [0.15, 0.2) is 0 Å². The van der Waals surface area contributed by atoms with Crippen LogP contribution >= 0.6 is 0 Å². The van der Waals surface area contributed by atoms with Crippen molar-refractivity contribution in [2.75, 3.05) is 32.7 Å². The second-order valence-electron chi connectivity index (χ2n) is 5.96. The van der Waals surface area contributed by atoms with Gasteiger partial charge in [-0.1, -0.05) is 0 Å². The summed E-state index contributed by atoms with van der Waals surface area (Å²) in [6, 6.07) is 0. The number of nitrogens with two attached hydrogens (primary N) is 1. The monoisotopic (exact) mass is 257 g/mol. The van der Waals surface area contributed by atoms with Crippen LogP contribution < -0.4 is 11.1 Å². The molecule has 0 bridgehead atoms. The first-order valence-electron chi connectivity index (χ1n) is 6.80. The molecule has 1 saturated heterocycles. The Morgan fingerprint density at radius 1 is 1.50 bits per heavy atom. The van der Waals surface area contributed by atoms with E-state index >= 15 is 0 Å². The van der Waals surface area contributed by atoms with Crippen molar-refractivity contribution in [1.82, 2.24) is 10.2 Å². The Labute approximate surface area is 110 Å². The number of likely N-dealkylation sites (tertiary alicyclic amines) is 1. The number of hydrogen-bond acceptors (Lipinski definition) is 4. The molecular weight excluding hydrogens is 230 g/mol. The van der Waals surface area contributed by atoms with E-state index in [1.54, 1.807) is 0 Å². The fourth-order valence-electron chi connectivity index (χ4n) is 2.22. The highest BCUT2D eigenvalue weighted by Gasteiger charge is 2.21. The van der Waals surface area contributed by atoms with Crippen LogP contribution in [-0.2, 0) is 4.74 Å². The Hall–Kier alpha value is -0.810. The van der Waals surface area contributed by atoms with Crippen molar-refractivity contribution in [3.05, 3.63) is 0 Å². The van der Waals surface area contributed by atoms with Crippen LogP contribution in [0.2, 0.25) is 0 Å². The Morgan fingerprint density at radius 3 is 2.83 bits per heavy atom. The van der Waals surface area contributed by atoms with Crippen LogP contribution in [0.5, 0.6) is 0 Å². The number of rotatable bonds is 5. The number of alkyl carbamates (subject to hydrolysis) is 1. The van der Waals surface area contributed by atoms with Gasteiger partial charge in [0, 0.05) is 19.6 Å². The van der Waals surface area contributed by atoms with Gasteiger partial charge in [0.25, 0.3) is 0 Å². The Morgan fingerprint density at radius 2 is 2.22 bits per heavy atom. The van der Waals surface area contributed by atoms with Crippen molar-refractivity contribution in [2.45, 2.75) is 39.2 Å². The molecule has 1 aliphatic rings. The van der Waals surface area contributed by atoms with Crippen molar-refractivity contribution in [2.24, 2.45) is 11.7 Å². The van der Waals surface area contributed by atoms with Gasteiger partial charge in [0.1, 0.15) is 5.60 Å². The lowest BCUT2D eigenvalue weighted by Crippen LogP contribution is -2.37. The van der Waals surface area contributed by atoms with Crippen molar-refractivity contribution >= 4 is 6.09 Å². The molecule has 1 fully saturated rings. The maximum atomic E-state index is 11.4. The molecule has 1 rings (SSSR count). The van der Waals surface area contributed by atoms with Crippen molar-refractivity contribution < 1.29 is 9.53 Å². The molecule has 5 nitrogen and oxygen atoms in total. The lowest BCUT2D eigenvalue weighted by molar-refractivity contribution is 0.0523. The Bertz CT molecular complexity index is 263. The lowest BCUT2D eigenvalue weighted by atomic mass is 10.1. The highest BCUT2D eigenvalue weighted by atomic mass is 16.6. The third-order valence-corrected chi connectivity index (χ3v) is 3.04. The van der Waals surface area contributed by atoms with Gasteiger partial charge in [-0.2, -0.15) is 0 Å². The van der Waals surface area contributed by atoms with Crippen LogP contribution in [-0.4, -0.2) is 49.3 Å². The van der Waals surface area contributed by atoms with Gasteiger partial charge in [-0.25, -0.2) is 4.79 Å². The third kappa shape index (κ3) is 6.21. The summed E-state index contributed by atoms with van der Waals surface area (Å²) in [5.41, 5.74) is 5.13. The van der Waals surface area contributed by atoms with Crippen molar-refractivity contribution in [3.63, 3.8) is 0 Å². The Balaban J connectivity index is 2.10. The van der Waals surface area contributed by atoms with Crippen molar-refractivity contribution in [3.8, 4) is 0 Å². The van der Waals surface area contributed by atoms with Gasteiger partial charge in [0.15, 0.2) is 0 Å². The molecule has 1 heterocycles. The predicted molar refractivity (Wildman–Crippen MR) is 72.5 cm³/mol. The number of hydrogen-bond donors (Lipinski definition) is 2. The van der Waals surface area contributed by atoms with Gasteiger partial charge >= 0.3 is 6.09 Å². The molecule has 0 aliphatic carbocycles. The molecule has 1 aliphatic heterocycles. The van der Waals surface area contributed by atoms with Crippen LogP contribution in [0, 0.1) is 5.92 Å². The standard InChI is InChI=1S/C13H27N3O2/c1-13(2,3)18-12(17)15-7-9-16-8-5-11(10-16)4-6-14/h11H,4-10,14H2,1-3H3,(H,15,17). The minimum absolute atomic E-state index is 0.333. The van der Waals surface area contributed by atoms with Crippen molar-refractivity contribution in [1.29, 1.82) is 0 Å². The number of amides is 1. The number of carbonyl (C=O) groups excluding carboxylic acids is 1. The molecule has 1 amide bonds. The highest BCUT2D eigenvalue weighted by Crippen LogP contribution is 2.18. The molecule has 106 valence electrons. The zero-order valence-electron chi connectivity index (χ0n) is 11.9. The van der Waals surface area contributed by atoms with E-state index in [0.717, 1.165) is 38.5 Å². The van der Waals surface area contributed by atoms with E-state index in [2.05, 4.69) is 10.2 Å². The summed E-state index contributed by atoms with van der Waals surface area (Å²) < 4.78 is 5.18. The molecule has 0 aromatic heterocycles. The molecule has 0 radical (unpaired) electrons. The van der Waals surface area contributed by atoms with E-state index in [4.69, 9.17) is 10.5 Å². The second-order valence-corrected chi connectivity index (χ2v) is 5.96. The maximum Gasteiger partial charge on any atom is 0.407 e. The van der Waals surface area contributed by atoms with Gasteiger partial charge < -0.3 is 20.7 Å². The zero-order valence-corrected chi connectivity index (χ0v) is 11.9. The molecule has 1 unspecified atom stereocenters. The molecule has 3 N–H and O–H groups in total. The van der Waals surface area contributed by atoms with Crippen LogP contribution in [0.4, 0.5) is 4.79 Å². The van der Waals surface area contributed by atoms with E-state index in [9.17, 15) is 4.79 Å². The molecule has 5 heteroatoms. The van der Waals surface area contributed by atoms with Gasteiger partial charge in [0.05, 0.1) is 0 Å². The highest BCUT2D eigenvalue weighted by molar-refractivity contribution is 5.67. The molecular formula is C13H27N3O2. The molecule has 0 spiro atoms. The van der Waals surface area contributed by atoms with E-state index < -0.39 is 5.60 Å². The SMILES string of the molecule is CC(C)(C)OC(=O)NCCN1CCC(CCN)C1. The topological polar surface area (TPSA) is 67.6 Å². The van der Waals surface area contributed by atoms with Gasteiger partial charge in [-0.3, -0.25) is 0 Å². The molecule has 1 atom stereocenters. The summed E-state index contributed by atoms with van der Waals surface area (Å²) in [5.74, 6) is 0.733. The fourth-order valence-corrected chi connectivity index (χ4v) is 2.22. The van der Waals surface area contributed by atoms with Crippen LogP contribution in [0.25, 0.3) is 0 Å². The smallest absolute Gasteiger partial charge is 0.407 e. The van der Waals surface area contributed by atoms with E-state index in [0.29, 0.717) is 6.54 Å². The summed E-state index contributed by atoms with van der Waals surface area (Å²) in [6.07, 6.45) is 2.00. The lowest BCUT2D eigenvalue weighted by Gasteiger charge is -2.21. The molecule has 18 heavy (non-hydrogen) atoms. The second kappa shape index (κ2) is 6.95. The average Bonchev–Trinajstić information content (AvgIpc) is 2.63. The molecule has 0 aromatic carbocycles. The van der Waals surface area contributed by atoms with E-state index in [1.165, 1.54) is 6.42 Å². The largest absolute Gasteiger partial charge is 0.444 e. The van der Waals surface area contributed by atoms with E-state index in [1.807, 2.05) is 20.8 Å². The van der Waals surface area contributed by atoms with E-state index in [-0.39, 0.29) is 6.09 Å². The number of nitrogens with one attached hydrogen (secondary N) is 1. The zero-order chi connectivity index (χ0) is 13.6. The summed E-state index contributed by atoms with van der Waals surface area (Å²) in [7, 11) is 0. The summed E-state index contributed by atoms with van der Waals surface area (Å²) in [5, 5.41) is 2.79. The quantitative estimate of drug-likeness (QED) is 0.776. The normalized spacial score (nSPS) is 21.0. The number of nitrogens with zero attached hydrogens (tertiary/aromatic N) is 1. The predicted octanol–water partition coefficient (Wildman–Crippen LogP) is 1.18. The van der Waals surface area contributed by atoms with Gasteiger partial charge in [-0.15, -0.1) is 0 Å². The molecule has 0 saturated carbocycles. The van der Waals surface area contributed by atoms with Gasteiger partial charge in [-0.05, 0) is 52.6 Å².